The van der Waals surface area contributed by atoms with E-state index in [0.29, 0.717) is 32.8 Å². The molecule has 2 saturated heterocycles. The molecule has 0 spiro atoms. The summed E-state index contributed by atoms with van der Waals surface area (Å²) in [6, 6.07) is 10.00. The number of rotatable bonds is 4. The predicted octanol–water partition coefficient (Wildman–Crippen LogP) is 0.784. The number of ether oxygens (including phenoxy) is 1. The fraction of sp³-hybridized carbons (Fsp3) is 0.556. The number of nitrogens with zero attached hydrogens (tertiary/aromatic N) is 2. The zero-order valence-electron chi connectivity index (χ0n) is 13.9. The van der Waals surface area contributed by atoms with E-state index in [1.54, 1.807) is 0 Å². The van der Waals surface area contributed by atoms with Gasteiger partial charge in [0.2, 0.25) is 11.8 Å². The Hall–Kier alpha value is -1.92. The van der Waals surface area contributed by atoms with Gasteiger partial charge in [-0.1, -0.05) is 30.3 Å². The quantitative estimate of drug-likeness (QED) is 0.885. The first-order chi connectivity index (χ1) is 11.6. The molecule has 2 aliphatic rings. The second-order valence-corrected chi connectivity index (χ2v) is 6.52. The van der Waals surface area contributed by atoms with Gasteiger partial charge < -0.3 is 15.4 Å². The maximum atomic E-state index is 13.0. The lowest BCUT2D eigenvalue weighted by Crippen LogP contribution is -2.52. The van der Waals surface area contributed by atoms with Crippen LogP contribution in [0.15, 0.2) is 30.3 Å². The summed E-state index contributed by atoms with van der Waals surface area (Å²) >= 11 is 0. The summed E-state index contributed by atoms with van der Waals surface area (Å²) in [6.45, 7) is 3.64. The van der Waals surface area contributed by atoms with Crippen LogP contribution in [0.25, 0.3) is 0 Å². The molecule has 2 amide bonds. The molecule has 2 N–H and O–H groups in total. The number of amides is 2. The first kappa shape index (κ1) is 16.9. The molecule has 6 heteroatoms. The Kier molecular flexibility index (Phi) is 5.48. The molecule has 2 unspecified atom stereocenters. The van der Waals surface area contributed by atoms with Gasteiger partial charge >= 0.3 is 0 Å². The molecule has 130 valence electrons. The monoisotopic (exact) mass is 331 g/mol. The van der Waals surface area contributed by atoms with Crippen molar-refractivity contribution in [1.82, 2.24) is 9.80 Å². The molecule has 0 aromatic heterocycles. The van der Waals surface area contributed by atoms with Gasteiger partial charge in [0.25, 0.3) is 0 Å². The van der Waals surface area contributed by atoms with Gasteiger partial charge in [-0.25, -0.2) is 0 Å². The minimum atomic E-state index is -0.320. The van der Waals surface area contributed by atoms with E-state index < -0.39 is 0 Å². The summed E-state index contributed by atoms with van der Waals surface area (Å²) < 4.78 is 5.94. The molecule has 2 aliphatic heterocycles. The maximum absolute atomic E-state index is 13.0. The minimum Gasteiger partial charge on any atom is -0.373 e. The standard InChI is InChI=1S/C18H25N3O3/c19-16(22)13-20-8-10-21(11-9-20)18(23)15-7-4-12-24-17(15)14-5-2-1-3-6-14/h1-3,5-6,15,17H,4,7-13H2,(H2,19,22). The zero-order chi connectivity index (χ0) is 16.9. The van der Waals surface area contributed by atoms with E-state index in [4.69, 9.17) is 10.5 Å². The normalized spacial score (nSPS) is 25.4. The highest BCUT2D eigenvalue weighted by Crippen LogP contribution is 2.35. The lowest BCUT2D eigenvalue weighted by atomic mass is 9.88. The number of hydrogen-bond acceptors (Lipinski definition) is 4. The van der Waals surface area contributed by atoms with E-state index in [1.807, 2.05) is 40.1 Å². The van der Waals surface area contributed by atoms with Gasteiger partial charge in [0.1, 0.15) is 0 Å². The number of primary amides is 1. The van der Waals surface area contributed by atoms with E-state index in [2.05, 4.69) is 0 Å². The Labute approximate surface area is 142 Å². The summed E-state index contributed by atoms with van der Waals surface area (Å²) in [5.74, 6) is -0.272. The van der Waals surface area contributed by atoms with Gasteiger partial charge in [-0.15, -0.1) is 0 Å². The number of benzene rings is 1. The van der Waals surface area contributed by atoms with Gasteiger partial charge in [-0.2, -0.15) is 0 Å². The fourth-order valence-electron chi connectivity index (χ4n) is 3.59. The smallest absolute Gasteiger partial charge is 0.231 e. The van der Waals surface area contributed by atoms with Crippen LogP contribution in [0.3, 0.4) is 0 Å². The highest BCUT2D eigenvalue weighted by molar-refractivity contribution is 5.80. The highest BCUT2D eigenvalue weighted by Gasteiger charge is 2.36. The van der Waals surface area contributed by atoms with Crippen molar-refractivity contribution in [3.63, 3.8) is 0 Å². The first-order valence-corrected chi connectivity index (χ1v) is 8.61. The van der Waals surface area contributed by atoms with E-state index in [-0.39, 0.29) is 30.4 Å². The summed E-state index contributed by atoms with van der Waals surface area (Å²) in [6.07, 6.45) is 1.62. The second-order valence-electron chi connectivity index (χ2n) is 6.52. The lowest BCUT2D eigenvalue weighted by Gasteiger charge is -2.39. The van der Waals surface area contributed by atoms with Crippen LogP contribution >= 0.6 is 0 Å². The van der Waals surface area contributed by atoms with Crippen molar-refractivity contribution in [1.29, 1.82) is 0 Å². The van der Waals surface area contributed by atoms with Gasteiger partial charge in [-0.3, -0.25) is 14.5 Å². The average Bonchev–Trinajstić information content (AvgIpc) is 2.62. The Morgan fingerprint density at radius 1 is 1.12 bits per heavy atom. The summed E-state index contributed by atoms with van der Waals surface area (Å²) in [5.41, 5.74) is 6.31. The lowest BCUT2D eigenvalue weighted by molar-refractivity contribution is -0.147. The first-order valence-electron chi connectivity index (χ1n) is 8.61. The molecule has 0 saturated carbocycles. The second kappa shape index (κ2) is 7.77. The third-order valence-corrected chi connectivity index (χ3v) is 4.83. The third-order valence-electron chi connectivity index (χ3n) is 4.83. The van der Waals surface area contributed by atoms with Gasteiger partial charge in [0.05, 0.1) is 18.6 Å². The van der Waals surface area contributed by atoms with Crippen molar-refractivity contribution < 1.29 is 14.3 Å². The number of carbonyl (C=O) groups is 2. The molecule has 2 atom stereocenters. The molecule has 2 heterocycles. The molecular weight excluding hydrogens is 306 g/mol. The molecule has 6 nitrogen and oxygen atoms in total. The van der Waals surface area contributed by atoms with Crippen molar-refractivity contribution in [3.05, 3.63) is 35.9 Å². The van der Waals surface area contributed by atoms with Crippen molar-refractivity contribution >= 4 is 11.8 Å². The number of nitrogens with two attached hydrogens (primary N) is 1. The Morgan fingerprint density at radius 2 is 1.83 bits per heavy atom. The van der Waals surface area contributed by atoms with Crippen LogP contribution < -0.4 is 5.73 Å². The summed E-state index contributed by atoms with van der Waals surface area (Å²) in [5, 5.41) is 0. The molecule has 0 radical (unpaired) electrons. The summed E-state index contributed by atoms with van der Waals surface area (Å²) in [7, 11) is 0. The van der Waals surface area contributed by atoms with E-state index >= 15 is 0 Å². The van der Waals surface area contributed by atoms with Gasteiger partial charge in [0.15, 0.2) is 0 Å². The maximum Gasteiger partial charge on any atom is 0.231 e. The molecule has 0 bridgehead atoms. The molecule has 0 aliphatic carbocycles. The molecule has 2 fully saturated rings. The third kappa shape index (κ3) is 3.94. The van der Waals surface area contributed by atoms with Crippen LogP contribution in [0.4, 0.5) is 0 Å². The van der Waals surface area contributed by atoms with Crippen LogP contribution in [-0.2, 0) is 14.3 Å². The fourth-order valence-corrected chi connectivity index (χ4v) is 3.59. The number of hydrogen-bond donors (Lipinski definition) is 1. The van der Waals surface area contributed by atoms with Crippen LogP contribution in [0.1, 0.15) is 24.5 Å². The van der Waals surface area contributed by atoms with Crippen molar-refractivity contribution in [3.8, 4) is 0 Å². The Bertz CT molecular complexity index is 570. The molecule has 1 aromatic carbocycles. The van der Waals surface area contributed by atoms with Crippen LogP contribution in [-0.4, -0.2) is 60.9 Å². The average molecular weight is 331 g/mol. The summed E-state index contributed by atoms with van der Waals surface area (Å²) in [4.78, 5) is 27.9. The van der Waals surface area contributed by atoms with Gasteiger partial charge in [0, 0.05) is 32.8 Å². The van der Waals surface area contributed by atoms with E-state index in [9.17, 15) is 9.59 Å². The predicted molar refractivity (Wildman–Crippen MR) is 90.1 cm³/mol. The Morgan fingerprint density at radius 3 is 2.50 bits per heavy atom. The Balaban J connectivity index is 1.64. The van der Waals surface area contributed by atoms with Crippen LogP contribution in [0.5, 0.6) is 0 Å². The highest BCUT2D eigenvalue weighted by atomic mass is 16.5. The number of piperazine rings is 1. The largest absolute Gasteiger partial charge is 0.373 e. The SMILES string of the molecule is NC(=O)CN1CCN(C(=O)C2CCCOC2c2ccccc2)CC1. The molecule has 24 heavy (non-hydrogen) atoms. The zero-order valence-corrected chi connectivity index (χ0v) is 13.9. The van der Waals surface area contributed by atoms with E-state index in [1.165, 1.54) is 0 Å². The van der Waals surface area contributed by atoms with Crippen molar-refractivity contribution in [2.24, 2.45) is 11.7 Å². The van der Waals surface area contributed by atoms with Crippen molar-refractivity contribution in [2.45, 2.75) is 18.9 Å². The van der Waals surface area contributed by atoms with E-state index in [0.717, 1.165) is 18.4 Å². The van der Waals surface area contributed by atoms with Crippen LogP contribution in [0.2, 0.25) is 0 Å². The minimum absolute atomic E-state index is 0.121. The van der Waals surface area contributed by atoms with Gasteiger partial charge in [-0.05, 0) is 18.4 Å². The molecule has 1 aromatic rings. The topological polar surface area (TPSA) is 75.9 Å². The van der Waals surface area contributed by atoms with Crippen LogP contribution in [0, 0.1) is 5.92 Å². The number of carbonyl (C=O) groups excluding carboxylic acids is 2. The van der Waals surface area contributed by atoms with Crippen molar-refractivity contribution in [2.75, 3.05) is 39.3 Å². The molecular formula is C18H25N3O3. The molecule has 3 rings (SSSR count).